The first-order valence-corrected chi connectivity index (χ1v) is 8.23. The molecule has 0 saturated heterocycles. The normalized spacial score (nSPS) is 11.6. The summed E-state index contributed by atoms with van der Waals surface area (Å²) in [7, 11) is 0. The molecule has 3 aromatic carbocycles. The van der Waals surface area contributed by atoms with Crippen molar-refractivity contribution in [1.82, 2.24) is 5.43 Å². The van der Waals surface area contributed by atoms with Crippen LogP contribution in [0.4, 0.5) is 0 Å². The summed E-state index contributed by atoms with van der Waals surface area (Å²) in [5, 5.41) is 16.7. The lowest BCUT2D eigenvalue weighted by molar-refractivity contribution is 0.0952. The van der Waals surface area contributed by atoms with Crippen LogP contribution in [-0.4, -0.2) is 16.7 Å². The molecule has 0 atom stereocenters. The summed E-state index contributed by atoms with van der Waals surface area (Å²) in [6.07, 6.45) is 0. The van der Waals surface area contributed by atoms with Gasteiger partial charge in [-0.2, -0.15) is 5.10 Å². The minimum absolute atomic E-state index is 0.0985. The van der Waals surface area contributed by atoms with E-state index in [-0.39, 0.29) is 11.3 Å². The van der Waals surface area contributed by atoms with Crippen molar-refractivity contribution in [1.29, 1.82) is 0 Å². The SMILES string of the molecule is CC(=NNC(=O)c1cc2ccccc2cc1O)c1ccc(Cl)c(Cl)c1. The lowest BCUT2D eigenvalue weighted by Crippen LogP contribution is -2.19. The van der Waals surface area contributed by atoms with Crippen LogP contribution in [-0.2, 0) is 0 Å². The molecule has 0 bridgehead atoms. The average Bonchev–Trinajstić information content (AvgIpc) is 2.61. The molecule has 0 heterocycles. The number of amides is 1. The second kappa shape index (κ2) is 7.13. The van der Waals surface area contributed by atoms with Gasteiger partial charge in [0.2, 0.25) is 0 Å². The van der Waals surface area contributed by atoms with Gasteiger partial charge in [0.25, 0.3) is 5.91 Å². The molecule has 0 aliphatic carbocycles. The third kappa shape index (κ3) is 3.76. The van der Waals surface area contributed by atoms with Crippen LogP contribution in [0.2, 0.25) is 10.0 Å². The lowest BCUT2D eigenvalue weighted by Gasteiger charge is -2.07. The minimum atomic E-state index is -0.498. The van der Waals surface area contributed by atoms with Crippen LogP contribution in [0.5, 0.6) is 5.75 Å². The molecule has 0 aromatic heterocycles. The topological polar surface area (TPSA) is 61.7 Å². The number of aromatic hydroxyl groups is 1. The molecule has 0 aliphatic heterocycles. The third-order valence-electron chi connectivity index (χ3n) is 3.77. The minimum Gasteiger partial charge on any atom is -0.507 e. The molecule has 1 amide bonds. The fourth-order valence-corrected chi connectivity index (χ4v) is 2.69. The van der Waals surface area contributed by atoms with Gasteiger partial charge >= 0.3 is 0 Å². The van der Waals surface area contributed by atoms with Crippen LogP contribution in [0.15, 0.2) is 59.7 Å². The molecule has 3 aromatic rings. The summed E-state index contributed by atoms with van der Waals surface area (Å²) >= 11 is 11.9. The third-order valence-corrected chi connectivity index (χ3v) is 4.51. The summed E-state index contributed by atoms with van der Waals surface area (Å²) in [4.78, 5) is 12.3. The number of hydrogen-bond donors (Lipinski definition) is 2. The molecule has 0 aliphatic rings. The van der Waals surface area contributed by atoms with Crippen molar-refractivity contribution < 1.29 is 9.90 Å². The van der Waals surface area contributed by atoms with Gasteiger partial charge in [-0.3, -0.25) is 4.79 Å². The van der Waals surface area contributed by atoms with Gasteiger partial charge < -0.3 is 5.11 Å². The number of phenolic OH excluding ortho intramolecular Hbond substituents is 1. The molecule has 2 N–H and O–H groups in total. The molecule has 0 spiro atoms. The van der Waals surface area contributed by atoms with E-state index in [4.69, 9.17) is 23.2 Å². The maximum absolute atomic E-state index is 12.3. The maximum atomic E-state index is 12.3. The number of carbonyl (C=O) groups is 1. The largest absolute Gasteiger partial charge is 0.507 e. The number of phenols is 1. The number of nitrogens with one attached hydrogen (secondary N) is 1. The zero-order chi connectivity index (χ0) is 18.0. The predicted octanol–water partition coefficient (Wildman–Crippen LogP) is 5.01. The Morgan fingerprint density at radius 1 is 1.00 bits per heavy atom. The summed E-state index contributed by atoms with van der Waals surface area (Å²) in [6, 6.07) is 15.7. The first-order valence-electron chi connectivity index (χ1n) is 7.47. The molecular weight excluding hydrogens is 359 g/mol. The van der Waals surface area contributed by atoms with E-state index in [0.29, 0.717) is 15.8 Å². The van der Waals surface area contributed by atoms with E-state index in [9.17, 15) is 9.90 Å². The molecule has 0 unspecified atom stereocenters. The van der Waals surface area contributed by atoms with Gasteiger partial charge in [0.05, 0.1) is 21.3 Å². The van der Waals surface area contributed by atoms with Crippen molar-refractivity contribution >= 4 is 45.6 Å². The van der Waals surface area contributed by atoms with Crippen molar-refractivity contribution in [3.05, 3.63) is 75.8 Å². The number of nitrogens with zero attached hydrogens (tertiary/aromatic N) is 1. The van der Waals surface area contributed by atoms with E-state index in [2.05, 4.69) is 10.5 Å². The number of halogens is 2. The molecule has 0 saturated carbocycles. The monoisotopic (exact) mass is 372 g/mol. The van der Waals surface area contributed by atoms with Gasteiger partial charge in [0.15, 0.2) is 0 Å². The van der Waals surface area contributed by atoms with Crippen LogP contribution >= 0.6 is 23.2 Å². The van der Waals surface area contributed by atoms with Crippen LogP contribution in [0, 0.1) is 0 Å². The fourth-order valence-electron chi connectivity index (χ4n) is 2.39. The van der Waals surface area contributed by atoms with Gasteiger partial charge in [-0.05, 0) is 47.5 Å². The van der Waals surface area contributed by atoms with Crippen molar-refractivity contribution in [2.75, 3.05) is 0 Å². The highest BCUT2D eigenvalue weighted by molar-refractivity contribution is 6.42. The number of fused-ring (bicyclic) bond motifs is 1. The molecule has 3 rings (SSSR count). The van der Waals surface area contributed by atoms with E-state index in [0.717, 1.165) is 16.3 Å². The van der Waals surface area contributed by atoms with Crippen molar-refractivity contribution in [3.8, 4) is 5.75 Å². The molecule has 4 nitrogen and oxygen atoms in total. The van der Waals surface area contributed by atoms with Gasteiger partial charge in [-0.25, -0.2) is 5.43 Å². The Labute approximate surface area is 154 Å². The van der Waals surface area contributed by atoms with Crippen LogP contribution in [0.25, 0.3) is 10.8 Å². The summed E-state index contributed by atoms with van der Waals surface area (Å²) in [5.41, 5.74) is 3.90. The number of carbonyl (C=O) groups excluding carboxylic acids is 1. The van der Waals surface area contributed by atoms with E-state index in [1.54, 1.807) is 37.3 Å². The van der Waals surface area contributed by atoms with Crippen molar-refractivity contribution in [3.63, 3.8) is 0 Å². The van der Waals surface area contributed by atoms with E-state index < -0.39 is 5.91 Å². The Bertz CT molecular complexity index is 1000. The lowest BCUT2D eigenvalue weighted by atomic mass is 10.1. The van der Waals surface area contributed by atoms with Crippen LogP contribution < -0.4 is 5.43 Å². The van der Waals surface area contributed by atoms with E-state index in [1.165, 1.54) is 0 Å². The Kier molecular flexibility index (Phi) is 4.93. The molecule has 0 radical (unpaired) electrons. The molecular formula is C19H14Cl2N2O2. The summed E-state index contributed by atoms with van der Waals surface area (Å²) < 4.78 is 0. The first-order chi connectivity index (χ1) is 12.0. The van der Waals surface area contributed by atoms with Crippen molar-refractivity contribution in [2.45, 2.75) is 6.92 Å². The van der Waals surface area contributed by atoms with E-state index >= 15 is 0 Å². The highest BCUT2D eigenvalue weighted by Crippen LogP contribution is 2.25. The Morgan fingerprint density at radius 3 is 2.36 bits per heavy atom. The zero-order valence-electron chi connectivity index (χ0n) is 13.3. The van der Waals surface area contributed by atoms with Gasteiger partial charge in [0.1, 0.15) is 5.75 Å². The Balaban J connectivity index is 1.84. The molecule has 25 heavy (non-hydrogen) atoms. The van der Waals surface area contributed by atoms with Crippen LogP contribution in [0.3, 0.4) is 0 Å². The first kappa shape index (κ1) is 17.3. The molecule has 126 valence electrons. The second-order valence-corrected chi connectivity index (χ2v) is 6.30. The Hall–Kier alpha value is -2.56. The summed E-state index contributed by atoms with van der Waals surface area (Å²) in [5.74, 6) is -0.596. The number of rotatable bonds is 3. The van der Waals surface area contributed by atoms with E-state index in [1.807, 2.05) is 24.3 Å². The molecule has 6 heteroatoms. The van der Waals surface area contributed by atoms with Gasteiger partial charge in [0, 0.05) is 0 Å². The Morgan fingerprint density at radius 2 is 1.68 bits per heavy atom. The zero-order valence-corrected chi connectivity index (χ0v) is 14.8. The number of hydrazone groups is 1. The fraction of sp³-hybridized carbons (Fsp3) is 0.0526. The van der Waals surface area contributed by atoms with Gasteiger partial charge in [-0.15, -0.1) is 0 Å². The quantitative estimate of drug-likeness (QED) is 0.501. The number of hydrogen-bond acceptors (Lipinski definition) is 3. The summed E-state index contributed by atoms with van der Waals surface area (Å²) in [6.45, 7) is 1.74. The highest BCUT2D eigenvalue weighted by atomic mass is 35.5. The second-order valence-electron chi connectivity index (χ2n) is 5.48. The smallest absolute Gasteiger partial charge is 0.275 e. The number of benzene rings is 3. The highest BCUT2D eigenvalue weighted by Gasteiger charge is 2.12. The predicted molar refractivity (Wildman–Crippen MR) is 102 cm³/mol. The van der Waals surface area contributed by atoms with Crippen LogP contribution in [0.1, 0.15) is 22.8 Å². The maximum Gasteiger partial charge on any atom is 0.275 e. The van der Waals surface area contributed by atoms with Gasteiger partial charge in [-0.1, -0.05) is 53.5 Å². The molecule has 0 fully saturated rings. The average molecular weight is 373 g/mol. The van der Waals surface area contributed by atoms with Crippen molar-refractivity contribution in [2.24, 2.45) is 5.10 Å². The standard InChI is InChI=1S/C19H14Cl2N2O2/c1-11(12-6-7-16(20)17(21)9-12)22-23-19(25)15-8-13-4-2-3-5-14(13)10-18(15)24/h2-10,24H,1H3,(H,23,25).